The maximum absolute atomic E-state index is 13.7. The number of rotatable bonds is 4. The molecule has 3 heterocycles. The molecule has 0 radical (unpaired) electrons. The molecule has 0 bridgehead atoms. The first kappa shape index (κ1) is 18.2. The molecule has 0 fully saturated rings. The highest BCUT2D eigenvalue weighted by molar-refractivity contribution is 6.22. The summed E-state index contributed by atoms with van der Waals surface area (Å²) in [6, 6.07) is 7.27. The highest BCUT2D eigenvalue weighted by Gasteiger charge is 2.26. The summed E-state index contributed by atoms with van der Waals surface area (Å²) in [5, 5.41) is 4.91. The smallest absolute Gasteiger partial charge is 0.197 e. The first-order chi connectivity index (χ1) is 14.5. The van der Waals surface area contributed by atoms with E-state index in [9.17, 15) is 4.79 Å². The van der Waals surface area contributed by atoms with Crippen LogP contribution in [0.5, 0.6) is 5.75 Å². The monoisotopic (exact) mass is 401 g/mol. The van der Waals surface area contributed by atoms with Crippen LogP contribution in [0.15, 0.2) is 51.9 Å². The number of methoxy groups -OCH3 is 1. The highest BCUT2D eigenvalue weighted by Crippen LogP contribution is 2.38. The molecule has 7 heteroatoms. The minimum atomic E-state index is -0.156. The Bertz CT molecular complexity index is 1440. The molecule has 0 aliphatic carbocycles. The van der Waals surface area contributed by atoms with E-state index in [1.165, 1.54) is 6.39 Å². The normalized spacial score (nSPS) is 11.5. The molecule has 0 aliphatic heterocycles. The average molecular weight is 401 g/mol. The Labute approximate surface area is 171 Å². The largest absolute Gasteiger partial charge is 0.496 e. The van der Waals surface area contributed by atoms with E-state index in [0.29, 0.717) is 50.3 Å². The van der Waals surface area contributed by atoms with E-state index in [1.54, 1.807) is 30.1 Å². The summed E-state index contributed by atoms with van der Waals surface area (Å²) < 4.78 is 18.7. The van der Waals surface area contributed by atoms with Gasteiger partial charge in [0.25, 0.3) is 0 Å². The van der Waals surface area contributed by atoms with Crippen molar-refractivity contribution in [2.45, 2.75) is 13.8 Å². The van der Waals surface area contributed by atoms with Gasteiger partial charge in [0.1, 0.15) is 11.5 Å². The lowest BCUT2D eigenvalue weighted by Gasteiger charge is -2.10. The van der Waals surface area contributed by atoms with Crippen LogP contribution in [-0.4, -0.2) is 27.7 Å². The number of carbonyl (C=O) groups excluding carboxylic acids is 1. The van der Waals surface area contributed by atoms with Crippen LogP contribution < -0.4 is 4.74 Å². The Hall–Kier alpha value is -3.87. The molecule has 0 atom stereocenters. The van der Waals surface area contributed by atoms with E-state index < -0.39 is 0 Å². The highest BCUT2D eigenvalue weighted by atomic mass is 16.5. The molecule has 0 amide bonds. The van der Waals surface area contributed by atoms with E-state index in [0.717, 1.165) is 11.1 Å². The Morgan fingerprint density at radius 1 is 1.20 bits per heavy atom. The summed E-state index contributed by atoms with van der Waals surface area (Å²) in [5.74, 6) is 0.973. The maximum Gasteiger partial charge on any atom is 0.197 e. The first-order valence-corrected chi connectivity index (χ1v) is 9.45. The third-order valence-electron chi connectivity index (χ3n) is 5.45. The predicted octanol–water partition coefficient (Wildman–Crippen LogP) is 4.83. The number of hydrogen-bond acceptors (Lipinski definition) is 6. The Balaban J connectivity index is 1.81. The van der Waals surface area contributed by atoms with Crippen molar-refractivity contribution in [3.8, 4) is 17.1 Å². The summed E-state index contributed by atoms with van der Waals surface area (Å²) in [6.45, 7) is 3.93. The number of oxazole rings is 1. The second-order valence-electron chi connectivity index (χ2n) is 7.30. The van der Waals surface area contributed by atoms with Crippen molar-refractivity contribution in [3.63, 3.8) is 0 Å². The first-order valence-electron chi connectivity index (χ1n) is 9.45. The lowest BCUT2D eigenvalue weighted by molar-refractivity contribution is 0.104. The quantitative estimate of drug-likeness (QED) is 0.401. The molecule has 7 nitrogen and oxygen atoms in total. The molecular formula is C23H19N3O4. The van der Waals surface area contributed by atoms with Gasteiger partial charge in [-0.3, -0.25) is 9.48 Å². The van der Waals surface area contributed by atoms with Crippen molar-refractivity contribution >= 4 is 27.9 Å². The van der Waals surface area contributed by atoms with E-state index >= 15 is 0 Å². The van der Waals surface area contributed by atoms with Crippen molar-refractivity contribution < 1.29 is 18.4 Å². The van der Waals surface area contributed by atoms with Crippen molar-refractivity contribution in [3.05, 3.63) is 65.3 Å². The number of ether oxygens (including phenoxy) is 1. The molecular weight excluding hydrogens is 382 g/mol. The summed E-state index contributed by atoms with van der Waals surface area (Å²) in [5.41, 5.74) is 5.38. The Morgan fingerprint density at radius 3 is 2.77 bits per heavy atom. The van der Waals surface area contributed by atoms with Gasteiger partial charge in [0.2, 0.25) is 0 Å². The molecule has 0 aliphatic rings. The van der Waals surface area contributed by atoms with Crippen LogP contribution in [0.3, 0.4) is 0 Å². The topological polar surface area (TPSA) is 83.3 Å². The van der Waals surface area contributed by atoms with Crippen LogP contribution >= 0.6 is 0 Å². The number of aryl methyl sites for hydroxylation is 2. The predicted molar refractivity (Wildman–Crippen MR) is 112 cm³/mol. The fourth-order valence-electron chi connectivity index (χ4n) is 3.76. The van der Waals surface area contributed by atoms with Gasteiger partial charge in [-0.25, -0.2) is 4.98 Å². The third-order valence-corrected chi connectivity index (χ3v) is 5.45. The van der Waals surface area contributed by atoms with Gasteiger partial charge < -0.3 is 13.6 Å². The van der Waals surface area contributed by atoms with Gasteiger partial charge in [0.05, 0.1) is 24.4 Å². The summed E-state index contributed by atoms with van der Waals surface area (Å²) in [6.07, 6.45) is 4.86. The van der Waals surface area contributed by atoms with Gasteiger partial charge in [-0.05, 0) is 49.2 Å². The van der Waals surface area contributed by atoms with E-state index in [1.807, 2.05) is 39.2 Å². The molecule has 30 heavy (non-hydrogen) atoms. The van der Waals surface area contributed by atoms with Crippen LogP contribution in [0.4, 0.5) is 0 Å². The zero-order chi connectivity index (χ0) is 21.0. The number of furan rings is 1. The van der Waals surface area contributed by atoms with Crippen molar-refractivity contribution in [2.24, 2.45) is 7.05 Å². The Kier molecular flexibility index (Phi) is 3.99. The molecule has 0 spiro atoms. The van der Waals surface area contributed by atoms with Crippen molar-refractivity contribution in [2.75, 3.05) is 7.11 Å². The van der Waals surface area contributed by atoms with E-state index in [2.05, 4.69) is 10.1 Å². The summed E-state index contributed by atoms with van der Waals surface area (Å²) in [7, 11) is 3.42. The van der Waals surface area contributed by atoms with Crippen LogP contribution in [0.1, 0.15) is 27.0 Å². The average Bonchev–Trinajstić information content (AvgIpc) is 3.46. The second kappa shape index (κ2) is 6.59. The van der Waals surface area contributed by atoms with E-state index in [-0.39, 0.29) is 5.78 Å². The number of carbonyl (C=O) groups is 1. The molecule has 0 saturated heterocycles. The minimum Gasteiger partial charge on any atom is -0.496 e. The van der Waals surface area contributed by atoms with Crippen molar-refractivity contribution in [1.82, 2.24) is 14.8 Å². The van der Waals surface area contributed by atoms with Gasteiger partial charge in [-0.2, -0.15) is 5.10 Å². The SMILES string of the molecule is COc1cc(C(=O)c2c(-c3cnn(C)c3)oc3c2ccc2ocnc23)cc(C)c1C. The standard InChI is InChI=1S/C23H19N3O4/c1-12-7-14(8-18(28-4)13(12)2)21(27)19-16-5-6-17-20(24-11-29-17)23(16)30-22(19)15-9-25-26(3)10-15/h5-11H,1-4H3. The second-order valence-corrected chi connectivity index (χ2v) is 7.30. The number of nitrogens with zero attached hydrogens (tertiary/aromatic N) is 3. The fraction of sp³-hybridized carbons (Fsp3) is 0.174. The van der Waals surface area contributed by atoms with E-state index in [4.69, 9.17) is 13.6 Å². The number of benzene rings is 2. The lowest BCUT2D eigenvalue weighted by Crippen LogP contribution is -2.04. The molecule has 5 aromatic rings. The molecule has 2 aromatic carbocycles. The Morgan fingerprint density at radius 2 is 2.03 bits per heavy atom. The van der Waals surface area contributed by atoms with Gasteiger partial charge >= 0.3 is 0 Å². The molecule has 0 unspecified atom stereocenters. The zero-order valence-electron chi connectivity index (χ0n) is 17.0. The van der Waals surface area contributed by atoms with Crippen LogP contribution in [0, 0.1) is 13.8 Å². The number of fused-ring (bicyclic) bond motifs is 3. The molecule has 0 N–H and O–H groups in total. The summed E-state index contributed by atoms with van der Waals surface area (Å²) in [4.78, 5) is 18.0. The molecule has 5 rings (SSSR count). The molecule has 150 valence electrons. The van der Waals surface area contributed by atoms with Gasteiger partial charge in [0.15, 0.2) is 28.9 Å². The van der Waals surface area contributed by atoms with Gasteiger partial charge in [0, 0.05) is 24.2 Å². The van der Waals surface area contributed by atoms with Crippen LogP contribution in [-0.2, 0) is 7.05 Å². The maximum atomic E-state index is 13.7. The van der Waals surface area contributed by atoms with Gasteiger partial charge in [-0.1, -0.05) is 0 Å². The molecule has 0 saturated carbocycles. The van der Waals surface area contributed by atoms with Gasteiger partial charge in [-0.15, -0.1) is 0 Å². The number of hydrogen-bond donors (Lipinski definition) is 0. The van der Waals surface area contributed by atoms with Crippen LogP contribution in [0.25, 0.3) is 33.4 Å². The van der Waals surface area contributed by atoms with Crippen LogP contribution in [0.2, 0.25) is 0 Å². The minimum absolute atomic E-state index is 0.156. The van der Waals surface area contributed by atoms with Crippen molar-refractivity contribution in [1.29, 1.82) is 0 Å². The fourth-order valence-corrected chi connectivity index (χ4v) is 3.76. The number of aromatic nitrogens is 3. The zero-order valence-corrected chi connectivity index (χ0v) is 17.0. The lowest BCUT2D eigenvalue weighted by atomic mass is 9.95. The number of ketones is 1. The molecule has 3 aromatic heterocycles. The third kappa shape index (κ3) is 2.62. The summed E-state index contributed by atoms with van der Waals surface area (Å²) >= 11 is 0.